The molecule has 1 amide bonds. The van der Waals surface area contributed by atoms with Crippen LogP contribution in [0.4, 0.5) is 5.95 Å². The Morgan fingerprint density at radius 1 is 1.24 bits per heavy atom. The first-order valence-electron chi connectivity index (χ1n) is 6.22. The summed E-state index contributed by atoms with van der Waals surface area (Å²) in [5, 5.41) is 9.39. The van der Waals surface area contributed by atoms with Gasteiger partial charge in [-0.25, -0.2) is 9.97 Å². The molecule has 0 aliphatic carbocycles. The second kappa shape index (κ2) is 5.41. The first-order chi connectivity index (χ1) is 10.1. The third kappa shape index (κ3) is 2.95. The fraction of sp³-hybridized carbons (Fsp3) is 0.154. The molecule has 8 heteroatoms. The highest BCUT2D eigenvalue weighted by Crippen LogP contribution is 2.25. The standard InChI is InChI=1S/C13H12N6OS/c1-7-3-4-10(21-7)11-16-13(19-18-11)17-12(20)9-5-6-14-8(2)15-9/h3-6H,1-2H3,(H2,16,17,18,19,20). The van der Waals surface area contributed by atoms with Crippen molar-refractivity contribution in [2.45, 2.75) is 13.8 Å². The van der Waals surface area contributed by atoms with Crippen LogP contribution in [0.1, 0.15) is 21.2 Å². The number of hydrogen-bond acceptors (Lipinski definition) is 6. The van der Waals surface area contributed by atoms with Crippen molar-refractivity contribution < 1.29 is 4.79 Å². The maximum atomic E-state index is 12.0. The van der Waals surface area contributed by atoms with E-state index in [-0.39, 0.29) is 17.5 Å². The number of carbonyl (C=O) groups is 1. The normalized spacial score (nSPS) is 10.6. The van der Waals surface area contributed by atoms with Crippen molar-refractivity contribution in [3.05, 3.63) is 40.8 Å². The monoisotopic (exact) mass is 300 g/mol. The summed E-state index contributed by atoms with van der Waals surface area (Å²) >= 11 is 1.60. The molecule has 0 spiro atoms. The van der Waals surface area contributed by atoms with Gasteiger partial charge in [0.25, 0.3) is 5.91 Å². The predicted molar refractivity (Wildman–Crippen MR) is 79.2 cm³/mol. The van der Waals surface area contributed by atoms with Gasteiger partial charge in [0.1, 0.15) is 11.5 Å². The molecule has 0 saturated carbocycles. The van der Waals surface area contributed by atoms with E-state index in [1.807, 2.05) is 19.1 Å². The lowest BCUT2D eigenvalue weighted by molar-refractivity contribution is 0.102. The van der Waals surface area contributed by atoms with Crippen LogP contribution >= 0.6 is 11.3 Å². The van der Waals surface area contributed by atoms with Crippen LogP contribution in [-0.4, -0.2) is 31.1 Å². The van der Waals surface area contributed by atoms with Crippen LogP contribution in [0.2, 0.25) is 0 Å². The topological polar surface area (TPSA) is 96.5 Å². The number of rotatable bonds is 3. The Kier molecular flexibility index (Phi) is 3.44. The summed E-state index contributed by atoms with van der Waals surface area (Å²) in [5.41, 5.74) is 0.279. The van der Waals surface area contributed by atoms with Gasteiger partial charge in [-0.3, -0.25) is 15.2 Å². The molecule has 2 N–H and O–H groups in total. The van der Waals surface area contributed by atoms with Crippen LogP contribution < -0.4 is 5.32 Å². The van der Waals surface area contributed by atoms with Gasteiger partial charge in [-0.15, -0.1) is 16.4 Å². The minimum atomic E-state index is -0.367. The van der Waals surface area contributed by atoms with E-state index in [0.29, 0.717) is 11.6 Å². The molecule has 3 rings (SSSR count). The van der Waals surface area contributed by atoms with Crippen LogP contribution in [-0.2, 0) is 0 Å². The Labute approximate surface area is 124 Å². The summed E-state index contributed by atoms with van der Waals surface area (Å²) in [6, 6.07) is 5.50. The minimum absolute atomic E-state index is 0.220. The number of carbonyl (C=O) groups excluding carboxylic acids is 1. The zero-order valence-corrected chi connectivity index (χ0v) is 12.2. The summed E-state index contributed by atoms with van der Waals surface area (Å²) < 4.78 is 0. The number of aromatic nitrogens is 5. The van der Waals surface area contributed by atoms with Crippen LogP contribution in [0.5, 0.6) is 0 Å². The SMILES string of the molecule is Cc1nccc(C(=O)Nc2n[nH]c(-c3ccc(C)s3)n2)n1. The second-order valence-electron chi connectivity index (χ2n) is 4.36. The van der Waals surface area contributed by atoms with E-state index < -0.39 is 0 Å². The molecule has 0 fully saturated rings. The molecule has 0 bridgehead atoms. The number of H-pyrrole nitrogens is 1. The van der Waals surface area contributed by atoms with E-state index in [1.165, 1.54) is 11.1 Å². The first-order valence-corrected chi connectivity index (χ1v) is 7.04. The van der Waals surface area contributed by atoms with Gasteiger partial charge in [0, 0.05) is 11.1 Å². The summed E-state index contributed by atoms with van der Waals surface area (Å²) in [6.07, 6.45) is 1.54. The lowest BCUT2D eigenvalue weighted by Crippen LogP contribution is -2.15. The van der Waals surface area contributed by atoms with Crippen LogP contribution in [0.15, 0.2) is 24.4 Å². The Bertz CT molecular complexity index is 793. The number of hydrogen-bond donors (Lipinski definition) is 2. The van der Waals surface area contributed by atoms with Gasteiger partial charge in [-0.2, -0.15) is 4.98 Å². The van der Waals surface area contributed by atoms with E-state index >= 15 is 0 Å². The van der Waals surface area contributed by atoms with E-state index in [2.05, 4.69) is 30.5 Å². The Hall–Kier alpha value is -2.61. The van der Waals surface area contributed by atoms with E-state index in [9.17, 15) is 4.79 Å². The van der Waals surface area contributed by atoms with Crippen LogP contribution in [0.3, 0.4) is 0 Å². The summed E-state index contributed by atoms with van der Waals surface area (Å²) in [4.78, 5) is 26.4. The molecule has 0 aromatic carbocycles. The molecule has 3 aromatic rings. The fourth-order valence-corrected chi connectivity index (χ4v) is 2.54. The number of nitrogens with one attached hydrogen (secondary N) is 2. The first kappa shape index (κ1) is 13.4. The highest BCUT2D eigenvalue weighted by molar-refractivity contribution is 7.15. The third-order valence-corrected chi connectivity index (χ3v) is 3.70. The molecule has 7 nitrogen and oxygen atoms in total. The molecule has 0 atom stereocenters. The summed E-state index contributed by atoms with van der Waals surface area (Å²) in [5.74, 6) is 1.01. The molecule has 0 aliphatic heterocycles. The zero-order valence-electron chi connectivity index (χ0n) is 11.4. The Morgan fingerprint density at radius 3 is 2.81 bits per heavy atom. The maximum absolute atomic E-state index is 12.0. The highest BCUT2D eigenvalue weighted by atomic mass is 32.1. The number of thiophene rings is 1. The minimum Gasteiger partial charge on any atom is -0.288 e. The molecule has 106 valence electrons. The van der Waals surface area contributed by atoms with Crippen LogP contribution in [0.25, 0.3) is 10.7 Å². The van der Waals surface area contributed by atoms with Crippen molar-refractivity contribution in [1.82, 2.24) is 25.1 Å². The zero-order chi connectivity index (χ0) is 14.8. The lowest BCUT2D eigenvalue weighted by atomic mass is 10.4. The van der Waals surface area contributed by atoms with Gasteiger partial charge in [-0.05, 0) is 32.0 Å². The summed E-state index contributed by atoms with van der Waals surface area (Å²) in [6.45, 7) is 3.74. The van der Waals surface area contributed by atoms with Gasteiger partial charge >= 0.3 is 0 Å². The van der Waals surface area contributed by atoms with Gasteiger partial charge in [0.15, 0.2) is 5.82 Å². The number of nitrogens with zero attached hydrogens (tertiary/aromatic N) is 4. The number of aromatic amines is 1. The second-order valence-corrected chi connectivity index (χ2v) is 5.65. The van der Waals surface area contributed by atoms with E-state index in [4.69, 9.17) is 0 Å². The number of amides is 1. The molecule has 3 heterocycles. The van der Waals surface area contributed by atoms with Gasteiger partial charge < -0.3 is 0 Å². The molecule has 3 aromatic heterocycles. The third-order valence-electron chi connectivity index (χ3n) is 2.69. The summed E-state index contributed by atoms with van der Waals surface area (Å²) in [7, 11) is 0. The van der Waals surface area contributed by atoms with Crippen molar-refractivity contribution in [2.24, 2.45) is 0 Å². The number of aryl methyl sites for hydroxylation is 2. The van der Waals surface area contributed by atoms with Gasteiger partial charge in [0.2, 0.25) is 5.95 Å². The molecule has 0 radical (unpaired) electrons. The van der Waals surface area contributed by atoms with Gasteiger partial charge in [0.05, 0.1) is 4.88 Å². The van der Waals surface area contributed by atoms with Crippen molar-refractivity contribution in [2.75, 3.05) is 5.32 Å². The smallest absolute Gasteiger partial charge is 0.276 e. The quantitative estimate of drug-likeness (QED) is 0.773. The average molecular weight is 300 g/mol. The van der Waals surface area contributed by atoms with Crippen molar-refractivity contribution in [1.29, 1.82) is 0 Å². The predicted octanol–water partition coefficient (Wildman–Crippen LogP) is 2.19. The maximum Gasteiger partial charge on any atom is 0.276 e. The average Bonchev–Trinajstić information content (AvgIpc) is 3.07. The molecule has 0 aliphatic rings. The van der Waals surface area contributed by atoms with Crippen molar-refractivity contribution in [3.63, 3.8) is 0 Å². The van der Waals surface area contributed by atoms with Crippen molar-refractivity contribution >= 4 is 23.2 Å². The van der Waals surface area contributed by atoms with E-state index in [1.54, 1.807) is 24.3 Å². The molecular weight excluding hydrogens is 288 g/mol. The Balaban J connectivity index is 1.77. The van der Waals surface area contributed by atoms with E-state index in [0.717, 1.165) is 4.88 Å². The largest absolute Gasteiger partial charge is 0.288 e. The van der Waals surface area contributed by atoms with Gasteiger partial charge in [-0.1, -0.05) is 0 Å². The molecular formula is C13H12N6OS. The van der Waals surface area contributed by atoms with Crippen LogP contribution in [0, 0.1) is 13.8 Å². The number of anilines is 1. The highest BCUT2D eigenvalue weighted by Gasteiger charge is 2.12. The molecule has 21 heavy (non-hydrogen) atoms. The van der Waals surface area contributed by atoms with Crippen molar-refractivity contribution in [3.8, 4) is 10.7 Å². The Morgan fingerprint density at radius 2 is 2.10 bits per heavy atom. The lowest BCUT2D eigenvalue weighted by Gasteiger charge is -2.00. The molecule has 0 saturated heterocycles. The fourth-order valence-electron chi connectivity index (χ4n) is 1.74. The molecule has 0 unspecified atom stereocenters.